The van der Waals surface area contributed by atoms with Gasteiger partial charge in [0, 0.05) is 30.0 Å². The van der Waals surface area contributed by atoms with Crippen molar-refractivity contribution in [1.82, 2.24) is 19.9 Å². The van der Waals surface area contributed by atoms with Crippen LogP contribution in [0.2, 0.25) is 0 Å². The zero-order chi connectivity index (χ0) is 23.4. The summed E-state index contributed by atoms with van der Waals surface area (Å²) < 4.78 is 20.6. The molecule has 0 spiro atoms. The van der Waals surface area contributed by atoms with Gasteiger partial charge in [-0.2, -0.15) is 4.72 Å². The number of anilines is 2. The van der Waals surface area contributed by atoms with Gasteiger partial charge in [-0.05, 0) is 32.4 Å². The fourth-order valence-corrected chi connectivity index (χ4v) is 5.09. The summed E-state index contributed by atoms with van der Waals surface area (Å²) >= 11 is 0.252. The van der Waals surface area contributed by atoms with Crippen LogP contribution in [0.15, 0.2) is 36.1 Å². The molecule has 2 N–H and O–H groups in total. The molecule has 2 unspecified atom stereocenters. The molecule has 0 aromatic carbocycles. The van der Waals surface area contributed by atoms with Crippen LogP contribution in [0.5, 0.6) is 5.88 Å². The Morgan fingerprint density at radius 3 is 2.76 bits per heavy atom. The average Bonchev–Trinajstić information content (AvgIpc) is 3.55. The molecule has 1 fully saturated rings. The molecular formula is C22H26N6O3S2. The first kappa shape index (κ1) is 23.4. The highest BCUT2D eigenvalue weighted by Crippen LogP contribution is 2.32. The van der Waals surface area contributed by atoms with E-state index in [1.807, 2.05) is 32.2 Å². The van der Waals surface area contributed by atoms with Gasteiger partial charge in [-0.3, -0.25) is 9.78 Å². The van der Waals surface area contributed by atoms with Crippen LogP contribution in [0.3, 0.4) is 0 Å². The van der Waals surface area contributed by atoms with Crippen LogP contribution < -0.4 is 14.8 Å². The molecule has 0 saturated heterocycles. The van der Waals surface area contributed by atoms with Gasteiger partial charge >= 0.3 is 0 Å². The van der Waals surface area contributed by atoms with Crippen LogP contribution >= 0.6 is 11.3 Å². The molecule has 1 aliphatic carbocycles. The summed E-state index contributed by atoms with van der Waals surface area (Å²) in [4.78, 5) is 30.3. The fourth-order valence-electron chi connectivity index (χ4n) is 3.09. The molecule has 9 nitrogen and oxygen atoms in total. The van der Waals surface area contributed by atoms with Gasteiger partial charge in [-0.25, -0.2) is 15.0 Å². The largest absolute Gasteiger partial charge is 0.593 e. The van der Waals surface area contributed by atoms with Gasteiger partial charge in [0.15, 0.2) is 0 Å². The van der Waals surface area contributed by atoms with Crippen molar-refractivity contribution in [2.45, 2.75) is 57.3 Å². The number of ether oxygens (including phenoxy) is 1. The van der Waals surface area contributed by atoms with Crippen LogP contribution in [-0.2, 0) is 16.2 Å². The van der Waals surface area contributed by atoms with E-state index >= 15 is 0 Å². The summed E-state index contributed by atoms with van der Waals surface area (Å²) in [6, 6.07) is 3.55. The normalized spacial score (nSPS) is 15.2. The minimum atomic E-state index is -1.11. The maximum Gasteiger partial charge on any atom is 0.234 e. The van der Waals surface area contributed by atoms with E-state index in [1.165, 1.54) is 11.3 Å². The smallest absolute Gasteiger partial charge is 0.234 e. The highest BCUT2D eigenvalue weighted by atomic mass is 32.2. The van der Waals surface area contributed by atoms with Gasteiger partial charge in [0.05, 0.1) is 47.2 Å². The number of nitrogens with one attached hydrogen (secondary N) is 2. The van der Waals surface area contributed by atoms with Gasteiger partial charge < -0.3 is 14.6 Å². The first-order valence-corrected chi connectivity index (χ1v) is 12.9. The number of amides is 1. The van der Waals surface area contributed by atoms with Gasteiger partial charge in [0.25, 0.3) is 0 Å². The molecule has 1 aliphatic rings. The Bertz CT molecular complexity index is 1090. The maximum atomic E-state index is 12.9. The fraction of sp³-hybridized carbons (Fsp3) is 0.409. The summed E-state index contributed by atoms with van der Waals surface area (Å²) in [7, 11) is 0. The second-order valence-electron chi connectivity index (χ2n) is 7.97. The highest BCUT2D eigenvalue weighted by Gasteiger charge is 2.36. The van der Waals surface area contributed by atoms with E-state index in [4.69, 9.17) is 4.74 Å². The zero-order valence-corrected chi connectivity index (χ0v) is 20.3. The van der Waals surface area contributed by atoms with Crippen molar-refractivity contribution in [2.24, 2.45) is 0 Å². The lowest BCUT2D eigenvalue weighted by molar-refractivity contribution is -0.117. The Morgan fingerprint density at radius 2 is 2.09 bits per heavy atom. The van der Waals surface area contributed by atoms with Crippen LogP contribution in [0.25, 0.3) is 11.3 Å². The Kier molecular flexibility index (Phi) is 7.41. The summed E-state index contributed by atoms with van der Waals surface area (Å²) in [6.07, 6.45) is 7.39. The lowest BCUT2D eigenvalue weighted by Gasteiger charge is -2.13. The first-order chi connectivity index (χ1) is 15.9. The Balaban J connectivity index is 1.40. The highest BCUT2D eigenvalue weighted by molar-refractivity contribution is 7.93. The summed E-state index contributed by atoms with van der Waals surface area (Å²) in [6.45, 7) is 5.78. The van der Waals surface area contributed by atoms with Crippen LogP contribution in [0.4, 0.5) is 10.9 Å². The molecule has 174 valence electrons. The van der Waals surface area contributed by atoms with Gasteiger partial charge in [-0.1, -0.05) is 6.92 Å². The number of thiazole rings is 1. The molecule has 1 saturated carbocycles. The predicted octanol–water partition coefficient (Wildman–Crippen LogP) is 4.15. The van der Waals surface area contributed by atoms with E-state index in [0.717, 1.165) is 18.4 Å². The Hall–Kier alpha value is -2.76. The van der Waals surface area contributed by atoms with E-state index in [0.29, 0.717) is 34.6 Å². The number of hydrogen-bond acceptors (Lipinski definition) is 9. The van der Waals surface area contributed by atoms with Crippen molar-refractivity contribution >= 4 is 39.6 Å². The number of pyridine rings is 1. The Morgan fingerprint density at radius 1 is 1.27 bits per heavy atom. The third-order valence-corrected chi connectivity index (χ3v) is 7.27. The minimum Gasteiger partial charge on any atom is -0.593 e. The third kappa shape index (κ3) is 6.18. The maximum absolute atomic E-state index is 12.9. The van der Waals surface area contributed by atoms with Gasteiger partial charge in [-0.15, -0.1) is 11.3 Å². The second-order valence-corrected chi connectivity index (χ2v) is 10.3. The summed E-state index contributed by atoms with van der Waals surface area (Å²) in [5, 5.41) is 5.49. The molecule has 2 atom stereocenters. The molecule has 0 bridgehead atoms. The number of carbonyl (C=O) groups is 1. The second kappa shape index (κ2) is 10.4. The summed E-state index contributed by atoms with van der Waals surface area (Å²) in [5.74, 6) is 0.269. The lowest BCUT2D eigenvalue weighted by Crippen LogP contribution is -2.22. The van der Waals surface area contributed by atoms with E-state index in [2.05, 4.69) is 30.0 Å². The van der Waals surface area contributed by atoms with Crippen LogP contribution in [0.1, 0.15) is 51.6 Å². The molecule has 3 aromatic rings. The lowest BCUT2D eigenvalue weighted by atomic mass is 10.0. The topological polar surface area (TPSA) is 125 Å². The van der Waals surface area contributed by atoms with Crippen molar-refractivity contribution in [3.63, 3.8) is 0 Å². The molecule has 11 heteroatoms. The number of hydrogen-bond donors (Lipinski definition) is 2. The van der Waals surface area contributed by atoms with Crippen molar-refractivity contribution < 1.29 is 14.1 Å². The summed E-state index contributed by atoms with van der Waals surface area (Å²) in [5.41, 5.74) is 2.06. The average molecular weight is 487 g/mol. The standard InChI is InChI=1S/C22H26N6O3S2/c1-4-16(18-12-32-22(26-18)28-33(30)15-6-7-15)21(29)27-19-8-5-14(9-24-19)17-10-23-11-20(25-17)31-13(2)3/h5,8-13,15-16H,4,6-7H2,1-3H3,(H,26,28)(H,24,27,29). The molecule has 3 aromatic heterocycles. The van der Waals surface area contributed by atoms with Crippen LogP contribution in [0, 0.1) is 0 Å². The molecule has 0 radical (unpaired) electrons. The van der Waals surface area contributed by atoms with Gasteiger partial charge in [0.2, 0.25) is 16.9 Å². The van der Waals surface area contributed by atoms with E-state index in [9.17, 15) is 9.35 Å². The van der Waals surface area contributed by atoms with Gasteiger partial charge in [0.1, 0.15) is 11.1 Å². The first-order valence-electron chi connectivity index (χ1n) is 10.8. The number of nitrogens with zero attached hydrogens (tertiary/aromatic N) is 4. The zero-order valence-electron chi connectivity index (χ0n) is 18.6. The van der Waals surface area contributed by atoms with Crippen molar-refractivity contribution in [3.8, 4) is 17.1 Å². The quantitative estimate of drug-likeness (QED) is 0.409. The molecular weight excluding hydrogens is 460 g/mol. The van der Waals surface area contributed by atoms with E-state index in [1.54, 1.807) is 24.7 Å². The monoisotopic (exact) mass is 486 g/mol. The van der Waals surface area contributed by atoms with E-state index in [-0.39, 0.29) is 17.3 Å². The Labute approximate surface area is 199 Å². The van der Waals surface area contributed by atoms with Crippen molar-refractivity contribution in [3.05, 3.63) is 41.8 Å². The molecule has 33 heavy (non-hydrogen) atoms. The molecule has 3 heterocycles. The van der Waals surface area contributed by atoms with Crippen molar-refractivity contribution in [1.29, 1.82) is 0 Å². The minimum absolute atomic E-state index is 0.00157. The molecule has 4 rings (SSSR count). The number of aromatic nitrogens is 4. The van der Waals surface area contributed by atoms with Crippen molar-refractivity contribution in [2.75, 3.05) is 10.0 Å². The van der Waals surface area contributed by atoms with E-state index < -0.39 is 17.3 Å². The molecule has 1 amide bonds. The molecule has 0 aliphatic heterocycles. The predicted molar refractivity (Wildman–Crippen MR) is 130 cm³/mol. The number of rotatable bonds is 10. The third-order valence-electron chi connectivity index (χ3n) is 4.90. The van der Waals surface area contributed by atoms with Crippen LogP contribution in [-0.4, -0.2) is 41.7 Å². The SMILES string of the molecule is CCC(C(=O)Nc1ccc(-c2cncc(OC(C)C)n2)cn1)c1csc(N[S+]([O-])C2CC2)n1. The number of carbonyl (C=O) groups excluding carboxylic acids is 1.